The number of non-ortho nitro benzene ring substituents is 1. The van der Waals surface area contributed by atoms with E-state index in [1.54, 1.807) is 0 Å². The number of nitro benzene ring substituents is 1. The number of hydrogen-bond acceptors (Lipinski definition) is 5. The van der Waals surface area contributed by atoms with Crippen molar-refractivity contribution in [2.45, 2.75) is 31.1 Å². The predicted octanol–water partition coefficient (Wildman–Crippen LogP) is 1.99. The summed E-state index contributed by atoms with van der Waals surface area (Å²) in [6, 6.07) is 3.52. The maximum Gasteiger partial charge on any atom is 0.270 e. The highest BCUT2D eigenvalue weighted by Gasteiger charge is 2.32. The van der Waals surface area contributed by atoms with E-state index in [0.29, 0.717) is 19.0 Å². The van der Waals surface area contributed by atoms with Gasteiger partial charge in [0.2, 0.25) is 10.0 Å². The molecular weight excluding hydrogens is 294 g/mol. The lowest BCUT2D eigenvalue weighted by molar-refractivity contribution is -0.385. The summed E-state index contributed by atoms with van der Waals surface area (Å²) < 4.78 is 26.7. The molecule has 2 N–H and O–H groups in total. The first-order valence-electron chi connectivity index (χ1n) is 6.90. The summed E-state index contributed by atoms with van der Waals surface area (Å²) in [7, 11) is -3.79. The summed E-state index contributed by atoms with van der Waals surface area (Å²) in [5.41, 5.74) is 5.49. The maximum atomic E-state index is 12.7. The van der Waals surface area contributed by atoms with Crippen molar-refractivity contribution in [1.29, 1.82) is 0 Å². The Kier molecular flexibility index (Phi) is 4.48. The highest BCUT2D eigenvalue weighted by Crippen LogP contribution is 2.30. The molecule has 0 spiro atoms. The van der Waals surface area contributed by atoms with Gasteiger partial charge in [0, 0.05) is 25.2 Å². The monoisotopic (exact) mass is 313 g/mol. The predicted molar refractivity (Wildman–Crippen MR) is 79.3 cm³/mol. The van der Waals surface area contributed by atoms with Crippen molar-refractivity contribution in [3.05, 3.63) is 28.3 Å². The van der Waals surface area contributed by atoms with Crippen LogP contribution in [0.15, 0.2) is 23.1 Å². The van der Waals surface area contributed by atoms with Gasteiger partial charge in [-0.25, -0.2) is 8.42 Å². The number of sulfonamides is 1. The van der Waals surface area contributed by atoms with Crippen LogP contribution in [0.5, 0.6) is 0 Å². The van der Waals surface area contributed by atoms with E-state index in [9.17, 15) is 18.5 Å². The molecule has 0 aromatic heterocycles. The third kappa shape index (κ3) is 3.16. The molecule has 7 nitrogen and oxygen atoms in total. The minimum atomic E-state index is -3.79. The zero-order valence-electron chi connectivity index (χ0n) is 11.9. The van der Waals surface area contributed by atoms with Crippen LogP contribution in [-0.4, -0.2) is 30.7 Å². The Morgan fingerprint density at radius 2 is 2.19 bits per heavy atom. The molecule has 8 heteroatoms. The van der Waals surface area contributed by atoms with Crippen LogP contribution >= 0.6 is 0 Å². The molecule has 1 aromatic rings. The van der Waals surface area contributed by atoms with Gasteiger partial charge < -0.3 is 5.73 Å². The largest absolute Gasteiger partial charge is 0.398 e. The fraction of sp³-hybridized carbons (Fsp3) is 0.538. The van der Waals surface area contributed by atoms with E-state index in [1.807, 2.05) is 6.92 Å². The van der Waals surface area contributed by atoms with Gasteiger partial charge in [-0.05, 0) is 24.8 Å². The maximum absolute atomic E-state index is 12.7. The average Bonchev–Trinajstić information content (AvgIpc) is 2.47. The van der Waals surface area contributed by atoms with Crippen LogP contribution in [0.25, 0.3) is 0 Å². The lowest BCUT2D eigenvalue weighted by Crippen LogP contribution is -2.39. The molecule has 1 aliphatic heterocycles. The van der Waals surface area contributed by atoms with E-state index in [4.69, 9.17) is 5.73 Å². The first-order chi connectivity index (χ1) is 9.86. The smallest absolute Gasteiger partial charge is 0.270 e. The summed E-state index contributed by atoms with van der Waals surface area (Å²) in [5.74, 6) is 0.327. The summed E-state index contributed by atoms with van der Waals surface area (Å²) in [6.45, 7) is 2.91. The lowest BCUT2D eigenvalue weighted by Gasteiger charge is -2.31. The Labute approximate surface area is 123 Å². The minimum Gasteiger partial charge on any atom is -0.398 e. The van der Waals surface area contributed by atoms with Crippen LogP contribution in [0.2, 0.25) is 0 Å². The van der Waals surface area contributed by atoms with Crippen LogP contribution < -0.4 is 5.73 Å². The van der Waals surface area contributed by atoms with E-state index >= 15 is 0 Å². The average molecular weight is 313 g/mol. The Balaban J connectivity index is 2.39. The number of hydrogen-bond donors (Lipinski definition) is 1. The van der Waals surface area contributed by atoms with Gasteiger partial charge in [-0.2, -0.15) is 4.31 Å². The second kappa shape index (κ2) is 5.98. The Bertz CT molecular complexity index is 645. The van der Waals surface area contributed by atoms with Crippen molar-refractivity contribution >= 4 is 21.4 Å². The number of benzene rings is 1. The molecule has 1 unspecified atom stereocenters. The van der Waals surface area contributed by atoms with Gasteiger partial charge in [0.05, 0.1) is 10.6 Å². The molecule has 116 valence electrons. The van der Waals surface area contributed by atoms with E-state index in [2.05, 4.69) is 0 Å². The summed E-state index contributed by atoms with van der Waals surface area (Å²) in [6.07, 6.45) is 2.72. The Morgan fingerprint density at radius 3 is 2.81 bits per heavy atom. The third-order valence-corrected chi connectivity index (χ3v) is 5.81. The molecule has 1 fully saturated rings. The highest BCUT2D eigenvalue weighted by molar-refractivity contribution is 7.89. The molecular formula is C13H19N3O4S. The molecule has 21 heavy (non-hydrogen) atoms. The van der Waals surface area contributed by atoms with Crippen LogP contribution in [0.4, 0.5) is 11.4 Å². The number of piperidine rings is 1. The molecule has 1 aromatic carbocycles. The first kappa shape index (κ1) is 15.7. The number of nitrogen functional groups attached to an aromatic ring is 1. The van der Waals surface area contributed by atoms with E-state index in [0.717, 1.165) is 25.3 Å². The number of nitrogens with zero attached hydrogens (tertiary/aromatic N) is 2. The van der Waals surface area contributed by atoms with Gasteiger partial charge in [0.1, 0.15) is 4.90 Å². The molecule has 1 saturated heterocycles. The summed E-state index contributed by atoms with van der Waals surface area (Å²) in [5, 5.41) is 10.8. The molecule has 2 rings (SSSR count). The van der Waals surface area contributed by atoms with Gasteiger partial charge in [-0.15, -0.1) is 0 Å². The fourth-order valence-corrected chi connectivity index (χ4v) is 4.27. The summed E-state index contributed by atoms with van der Waals surface area (Å²) >= 11 is 0. The van der Waals surface area contributed by atoms with Gasteiger partial charge in [-0.1, -0.05) is 13.3 Å². The van der Waals surface area contributed by atoms with Gasteiger partial charge in [-0.3, -0.25) is 10.1 Å². The van der Waals surface area contributed by atoms with Crippen molar-refractivity contribution in [1.82, 2.24) is 4.31 Å². The van der Waals surface area contributed by atoms with E-state index in [1.165, 1.54) is 16.4 Å². The zero-order chi connectivity index (χ0) is 15.6. The van der Waals surface area contributed by atoms with Gasteiger partial charge in [0.25, 0.3) is 5.69 Å². The van der Waals surface area contributed by atoms with Gasteiger partial charge >= 0.3 is 0 Å². The molecule has 0 aliphatic carbocycles. The standard InChI is InChI=1S/C13H19N3O4S/c1-2-10-4-3-7-15(9-10)21(19,20)13-8-11(16(17)18)5-6-12(13)14/h5-6,8,10H,2-4,7,9,14H2,1H3. The molecule has 1 atom stereocenters. The minimum absolute atomic E-state index is 0.0409. The van der Waals surface area contributed by atoms with Crippen molar-refractivity contribution < 1.29 is 13.3 Å². The Hall–Kier alpha value is -1.67. The number of nitrogens with two attached hydrogens (primary N) is 1. The molecule has 0 saturated carbocycles. The normalized spacial score (nSPS) is 20.3. The van der Waals surface area contributed by atoms with Crippen LogP contribution in [0, 0.1) is 16.0 Å². The Morgan fingerprint density at radius 1 is 1.48 bits per heavy atom. The zero-order valence-corrected chi connectivity index (χ0v) is 12.7. The van der Waals surface area contributed by atoms with Crippen molar-refractivity contribution in [3.8, 4) is 0 Å². The van der Waals surface area contributed by atoms with Crippen molar-refractivity contribution in [3.63, 3.8) is 0 Å². The van der Waals surface area contributed by atoms with Gasteiger partial charge in [0.15, 0.2) is 0 Å². The van der Waals surface area contributed by atoms with Crippen LogP contribution in [0.3, 0.4) is 0 Å². The number of rotatable bonds is 4. The molecule has 0 amide bonds. The third-order valence-electron chi connectivity index (χ3n) is 3.88. The van der Waals surface area contributed by atoms with Crippen molar-refractivity contribution in [2.75, 3.05) is 18.8 Å². The molecule has 0 bridgehead atoms. The van der Waals surface area contributed by atoms with E-state index in [-0.39, 0.29) is 16.3 Å². The highest BCUT2D eigenvalue weighted by atomic mass is 32.2. The summed E-state index contributed by atoms with van der Waals surface area (Å²) in [4.78, 5) is 10.0. The first-order valence-corrected chi connectivity index (χ1v) is 8.34. The number of nitro groups is 1. The van der Waals surface area contributed by atoms with E-state index < -0.39 is 14.9 Å². The lowest BCUT2D eigenvalue weighted by atomic mass is 9.97. The van der Waals surface area contributed by atoms with Crippen LogP contribution in [0.1, 0.15) is 26.2 Å². The van der Waals surface area contributed by atoms with Crippen molar-refractivity contribution in [2.24, 2.45) is 5.92 Å². The second-order valence-electron chi connectivity index (χ2n) is 5.26. The SMILES string of the molecule is CCC1CCCN(S(=O)(=O)c2cc([N+](=O)[O-])ccc2N)C1. The topological polar surface area (TPSA) is 107 Å². The molecule has 0 radical (unpaired) electrons. The molecule has 1 aliphatic rings. The fourth-order valence-electron chi connectivity index (χ4n) is 2.58. The quantitative estimate of drug-likeness (QED) is 0.519. The van der Waals surface area contributed by atoms with Crippen LogP contribution in [-0.2, 0) is 10.0 Å². The second-order valence-corrected chi connectivity index (χ2v) is 7.17. The number of anilines is 1. The molecule has 1 heterocycles.